The number of halogens is 2. The molecular weight excluding hydrogens is 261 g/mol. The number of carbonyl (C=O) groups excluding carboxylic acids is 1. The number of hydrogen-bond donors (Lipinski definition) is 2. The number of hydrogen-bond acceptors (Lipinski definition) is 3. The smallest absolute Gasteiger partial charge is 0.239 e. The number of amides is 1. The lowest BCUT2D eigenvalue weighted by molar-refractivity contribution is -0.119. The summed E-state index contributed by atoms with van der Waals surface area (Å²) in [6.07, 6.45) is 0.304. The molecule has 0 aliphatic carbocycles. The third kappa shape index (κ3) is 4.94. The highest BCUT2D eigenvalue weighted by Crippen LogP contribution is 2.24. The molecule has 90 valence electrons. The molecule has 2 N–H and O–H groups in total. The van der Waals surface area contributed by atoms with Crippen LogP contribution in [0.2, 0.25) is 10.0 Å². The van der Waals surface area contributed by atoms with Gasteiger partial charge in [-0.05, 0) is 18.2 Å². The van der Waals surface area contributed by atoms with Gasteiger partial charge < -0.3 is 10.6 Å². The lowest BCUT2D eigenvalue weighted by atomic mass is 10.3. The predicted molar refractivity (Wildman–Crippen MR) is 68.2 cm³/mol. The van der Waals surface area contributed by atoms with E-state index in [1.54, 1.807) is 18.2 Å². The Labute approximate surface area is 110 Å². The number of nitrogens with one attached hydrogen (secondary N) is 2. The van der Waals surface area contributed by atoms with Crippen LogP contribution in [0.4, 0.5) is 5.69 Å². The molecule has 0 radical (unpaired) electrons. The molecule has 0 fully saturated rings. The van der Waals surface area contributed by atoms with Gasteiger partial charge in [-0.15, -0.1) is 0 Å². The van der Waals surface area contributed by atoms with E-state index in [1.165, 1.54) is 0 Å². The zero-order chi connectivity index (χ0) is 12.7. The van der Waals surface area contributed by atoms with E-state index in [9.17, 15) is 4.79 Å². The van der Waals surface area contributed by atoms with E-state index >= 15 is 0 Å². The van der Waals surface area contributed by atoms with E-state index in [-0.39, 0.29) is 12.5 Å². The minimum atomic E-state index is -0.175. The van der Waals surface area contributed by atoms with Crippen LogP contribution in [0, 0.1) is 11.3 Å². The molecule has 0 aliphatic rings. The Balaban J connectivity index is 2.37. The highest BCUT2D eigenvalue weighted by Gasteiger charge is 2.02. The van der Waals surface area contributed by atoms with Crippen molar-refractivity contribution in [1.82, 2.24) is 5.32 Å². The second-order valence-corrected chi connectivity index (χ2v) is 4.05. The Morgan fingerprint density at radius 2 is 2.12 bits per heavy atom. The standard InChI is InChI=1S/C11H11Cl2N3O/c12-9-3-2-8(6-10(9)13)16-7-11(17)15-5-1-4-14/h2-3,6,16H,1,5,7H2,(H,15,17). The number of nitriles is 1. The molecule has 1 rings (SSSR count). The van der Waals surface area contributed by atoms with Gasteiger partial charge in [0.15, 0.2) is 0 Å². The SMILES string of the molecule is N#CCCNC(=O)CNc1ccc(Cl)c(Cl)c1. The summed E-state index contributed by atoms with van der Waals surface area (Å²) in [5, 5.41) is 14.7. The van der Waals surface area contributed by atoms with Crippen molar-refractivity contribution in [3.63, 3.8) is 0 Å². The highest BCUT2D eigenvalue weighted by molar-refractivity contribution is 6.42. The molecule has 17 heavy (non-hydrogen) atoms. The second-order valence-electron chi connectivity index (χ2n) is 3.24. The Morgan fingerprint density at radius 1 is 1.35 bits per heavy atom. The van der Waals surface area contributed by atoms with Crippen LogP contribution in [0.15, 0.2) is 18.2 Å². The van der Waals surface area contributed by atoms with Crippen molar-refractivity contribution in [3.05, 3.63) is 28.2 Å². The first-order valence-corrected chi connectivity index (χ1v) is 5.71. The molecule has 0 heterocycles. The Morgan fingerprint density at radius 3 is 2.76 bits per heavy atom. The van der Waals surface area contributed by atoms with Gasteiger partial charge in [-0.2, -0.15) is 5.26 Å². The molecule has 1 aromatic carbocycles. The van der Waals surface area contributed by atoms with Crippen molar-refractivity contribution in [2.75, 3.05) is 18.4 Å². The summed E-state index contributed by atoms with van der Waals surface area (Å²) in [6, 6.07) is 6.97. The average molecular weight is 272 g/mol. The predicted octanol–water partition coefficient (Wildman–Crippen LogP) is 2.44. The summed E-state index contributed by atoms with van der Waals surface area (Å²) in [5.74, 6) is -0.175. The summed E-state index contributed by atoms with van der Waals surface area (Å²) in [5.41, 5.74) is 0.717. The maximum absolute atomic E-state index is 11.3. The molecule has 0 saturated carbocycles. The van der Waals surface area contributed by atoms with E-state index in [1.807, 2.05) is 6.07 Å². The van der Waals surface area contributed by atoms with Crippen molar-refractivity contribution in [2.45, 2.75) is 6.42 Å². The third-order valence-corrected chi connectivity index (χ3v) is 2.67. The zero-order valence-corrected chi connectivity index (χ0v) is 10.5. The van der Waals surface area contributed by atoms with Crippen LogP contribution in [0.1, 0.15) is 6.42 Å². The van der Waals surface area contributed by atoms with Crippen molar-refractivity contribution in [2.24, 2.45) is 0 Å². The van der Waals surface area contributed by atoms with Gasteiger partial charge in [0.1, 0.15) is 0 Å². The summed E-state index contributed by atoms with van der Waals surface area (Å²) < 4.78 is 0. The van der Waals surface area contributed by atoms with Crippen LogP contribution in [0.5, 0.6) is 0 Å². The van der Waals surface area contributed by atoms with Crippen molar-refractivity contribution >= 4 is 34.8 Å². The summed E-state index contributed by atoms with van der Waals surface area (Å²) in [4.78, 5) is 11.3. The maximum atomic E-state index is 11.3. The van der Waals surface area contributed by atoms with Crippen LogP contribution < -0.4 is 10.6 Å². The Kier molecular flexibility index (Phi) is 5.61. The van der Waals surface area contributed by atoms with Gasteiger partial charge in [-0.3, -0.25) is 4.79 Å². The molecule has 0 atom stereocenters. The minimum Gasteiger partial charge on any atom is -0.376 e. The van der Waals surface area contributed by atoms with Gasteiger partial charge in [0, 0.05) is 12.2 Å². The molecule has 1 amide bonds. The molecule has 0 spiro atoms. The van der Waals surface area contributed by atoms with Gasteiger partial charge >= 0.3 is 0 Å². The van der Waals surface area contributed by atoms with E-state index in [4.69, 9.17) is 28.5 Å². The third-order valence-electron chi connectivity index (χ3n) is 1.93. The molecule has 0 aliphatic heterocycles. The first kappa shape index (κ1) is 13.6. The zero-order valence-electron chi connectivity index (χ0n) is 8.96. The average Bonchev–Trinajstić information content (AvgIpc) is 2.31. The number of rotatable bonds is 5. The van der Waals surface area contributed by atoms with E-state index in [0.717, 1.165) is 5.69 Å². The highest BCUT2D eigenvalue weighted by atomic mass is 35.5. The fourth-order valence-electron chi connectivity index (χ4n) is 1.11. The first-order chi connectivity index (χ1) is 8.13. The molecule has 0 unspecified atom stereocenters. The minimum absolute atomic E-state index is 0.128. The molecule has 6 heteroatoms. The fraction of sp³-hybridized carbons (Fsp3) is 0.273. The van der Waals surface area contributed by atoms with E-state index < -0.39 is 0 Å². The molecule has 4 nitrogen and oxygen atoms in total. The molecule has 0 bridgehead atoms. The topological polar surface area (TPSA) is 64.9 Å². The van der Waals surface area contributed by atoms with Crippen LogP contribution in [-0.2, 0) is 4.79 Å². The normalized spacial score (nSPS) is 9.47. The summed E-state index contributed by atoms with van der Waals surface area (Å²) in [7, 11) is 0. The Hall–Kier alpha value is -1.44. The van der Waals surface area contributed by atoms with Gasteiger partial charge in [-0.1, -0.05) is 23.2 Å². The summed E-state index contributed by atoms with van der Waals surface area (Å²) in [6.45, 7) is 0.488. The van der Waals surface area contributed by atoms with Crippen molar-refractivity contribution < 1.29 is 4.79 Å². The van der Waals surface area contributed by atoms with E-state index in [2.05, 4.69) is 10.6 Å². The van der Waals surface area contributed by atoms with Crippen molar-refractivity contribution in [3.8, 4) is 6.07 Å². The van der Waals surface area contributed by atoms with Crippen LogP contribution in [0.25, 0.3) is 0 Å². The molecule has 0 saturated heterocycles. The largest absolute Gasteiger partial charge is 0.376 e. The second kappa shape index (κ2) is 7.00. The fourth-order valence-corrected chi connectivity index (χ4v) is 1.41. The number of carbonyl (C=O) groups is 1. The molecule has 0 aromatic heterocycles. The van der Waals surface area contributed by atoms with Crippen LogP contribution >= 0.6 is 23.2 Å². The lowest BCUT2D eigenvalue weighted by Crippen LogP contribution is -2.30. The molecule has 1 aromatic rings. The molecular formula is C11H11Cl2N3O. The number of nitrogens with zero attached hydrogens (tertiary/aromatic N) is 1. The van der Waals surface area contributed by atoms with Gasteiger partial charge in [0.2, 0.25) is 5.91 Å². The maximum Gasteiger partial charge on any atom is 0.239 e. The van der Waals surface area contributed by atoms with Crippen LogP contribution in [-0.4, -0.2) is 19.0 Å². The monoisotopic (exact) mass is 271 g/mol. The Bertz CT molecular complexity index is 443. The van der Waals surface area contributed by atoms with Gasteiger partial charge in [-0.25, -0.2) is 0 Å². The number of anilines is 1. The quantitative estimate of drug-likeness (QED) is 0.809. The van der Waals surface area contributed by atoms with Crippen molar-refractivity contribution in [1.29, 1.82) is 5.26 Å². The first-order valence-electron chi connectivity index (χ1n) is 4.96. The summed E-state index contributed by atoms with van der Waals surface area (Å²) >= 11 is 11.6. The van der Waals surface area contributed by atoms with Crippen LogP contribution in [0.3, 0.4) is 0 Å². The van der Waals surface area contributed by atoms with Gasteiger partial charge in [0.05, 0.1) is 29.1 Å². The number of benzene rings is 1. The lowest BCUT2D eigenvalue weighted by Gasteiger charge is -2.07. The van der Waals surface area contributed by atoms with E-state index in [0.29, 0.717) is 23.0 Å². The van der Waals surface area contributed by atoms with Gasteiger partial charge in [0.25, 0.3) is 0 Å².